The first-order valence-corrected chi connectivity index (χ1v) is 6.28. The molecule has 0 unspecified atom stereocenters. The third-order valence-electron chi connectivity index (χ3n) is 3.23. The first-order chi connectivity index (χ1) is 9.11. The highest BCUT2D eigenvalue weighted by Crippen LogP contribution is 2.29. The molecule has 0 aliphatic heterocycles. The number of anilines is 1. The van der Waals surface area contributed by atoms with Crippen LogP contribution in [0.4, 0.5) is 5.69 Å². The molecule has 3 nitrogen and oxygen atoms in total. The van der Waals surface area contributed by atoms with E-state index in [0.717, 1.165) is 28.1 Å². The fourth-order valence-electron chi connectivity index (χ4n) is 2.14. The maximum absolute atomic E-state index is 9.25. The van der Waals surface area contributed by atoms with Crippen molar-refractivity contribution in [3.8, 4) is 11.5 Å². The highest BCUT2D eigenvalue weighted by atomic mass is 16.5. The zero-order valence-corrected chi connectivity index (χ0v) is 11.5. The summed E-state index contributed by atoms with van der Waals surface area (Å²) in [6.07, 6.45) is 0. The first kappa shape index (κ1) is 13.3. The number of benzene rings is 2. The molecule has 0 spiro atoms. The van der Waals surface area contributed by atoms with Gasteiger partial charge in [0.25, 0.3) is 0 Å². The Hall–Kier alpha value is -2.16. The van der Waals surface area contributed by atoms with Crippen LogP contribution < -0.4 is 10.1 Å². The van der Waals surface area contributed by atoms with Gasteiger partial charge in [0.2, 0.25) is 0 Å². The summed E-state index contributed by atoms with van der Waals surface area (Å²) in [5, 5.41) is 12.6. The van der Waals surface area contributed by atoms with Gasteiger partial charge in [-0.25, -0.2) is 0 Å². The molecule has 100 valence electrons. The van der Waals surface area contributed by atoms with Gasteiger partial charge >= 0.3 is 0 Å². The van der Waals surface area contributed by atoms with Gasteiger partial charge in [0, 0.05) is 17.8 Å². The molecular formula is C16H19NO2. The van der Waals surface area contributed by atoms with Gasteiger partial charge in [-0.2, -0.15) is 0 Å². The Kier molecular flexibility index (Phi) is 3.95. The normalized spacial score (nSPS) is 10.3. The second kappa shape index (κ2) is 5.65. The summed E-state index contributed by atoms with van der Waals surface area (Å²) in [5.41, 5.74) is 4.43. The quantitative estimate of drug-likeness (QED) is 0.878. The Morgan fingerprint density at radius 3 is 2.37 bits per heavy atom. The second-order valence-corrected chi connectivity index (χ2v) is 4.61. The average molecular weight is 257 g/mol. The van der Waals surface area contributed by atoms with Crippen LogP contribution in [0.15, 0.2) is 36.4 Å². The lowest BCUT2D eigenvalue weighted by atomic mass is 10.1. The van der Waals surface area contributed by atoms with Gasteiger partial charge in [0.1, 0.15) is 11.5 Å². The summed E-state index contributed by atoms with van der Waals surface area (Å²) in [7, 11) is 1.69. The van der Waals surface area contributed by atoms with E-state index in [1.807, 2.05) is 32.0 Å². The van der Waals surface area contributed by atoms with Crippen LogP contribution >= 0.6 is 0 Å². The van der Waals surface area contributed by atoms with Crippen molar-refractivity contribution >= 4 is 5.69 Å². The van der Waals surface area contributed by atoms with Gasteiger partial charge in [0.05, 0.1) is 7.11 Å². The number of rotatable bonds is 4. The molecule has 2 aromatic rings. The standard InChI is InChI=1S/C16H19NO2/c1-11-4-9-15(12(2)16(11)19-3)17-10-13-5-7-14(18)8-6-13/h4-9,17-18H,10H2,1-3H3. The Morgan fingerprint density at radius 1 is 1.05 bits per heavy atom. The van der Waals surface area contributed by atoms with Crippen LogP contribution in [-0.4, -0.2) is 12.2 Å². The van der Waals surface area contributed by atoms with E-state index in [-0.39, 0.29) is 5.75 Å². The topological polar surface area (TPSA) is 41.5 Å². The molecule has 0 aromatic heterocycles. The third kappa shape index (κ3) is 2.99. The van der Waals surface area contributed by atoms with Crippen molar-refractivity contribution in [3.05, 3.63) is 53.1 Å². The summed E-state index contributed by atoms with van der Waals surface area (Å²) in [6, 6.07) is 11.3. The predicted molar refractivity (Wildman–Crippen MR) is 77.9 cm³/mol. The van der Waals surface area contributed by atoms with Crippen LogP contribution in [0.25, 0.3) is 0 Å². The zero-order chi connectivity index (χ0) is 13.8. The van der Waals surface area contributed by atoms with Gasteiger partial charge < -0.3 is 15.2 Å². The molecule has 0 amide bonds. The molecule has 19 heavy (non-hydrogen) atoms. The summed E-state index contributed by atoms with van der Waals surface area (Å²) in [4.78, 5) is 0. The minimum atomic E-state index is 0.289. The SMILES string of the molecule is COc1c(C)ccc(NCc2ccc(O)cc2)c1C. The Labute approximate surface area is 113 Å². The van der Waals surface area contributed by atoms with Gasteiger partial charge in [-0.15, -0.1) is 0 Å². The van der Waals surface area contributed by atoms with Gasteiger partial charge in [-0.05, 0) is 43.2 Å². The van der Waals surface area contributed by atoms with Crippen molar-refractivity contribution < 1.29 is 9.84 Å². The van der Waals surface area contributed by atoms with E-state index in [2.05, 4.69) is 11.4 Å². The molecule has 0 bridgehead atoms. The maximum atomic E-state index is 9.25. The van der Waals surface area contributed by atoms with E-state index < -0.39 is 0 Å². The lowest BCUT2D eigenvalue weighted by molar-refractivity contribution is 0.409. The van der Waals surface area contributed by atoms with Crippen molar-refractivity contribution in [3.63, 3.8) is 0 Å². The lowest BCUT2D eigenvalue weighted by Gasteiger charge is -2.14. The average Bonchev–Trinajstić information content (AvgIpc) is 2.40. The molecule has 2 N–H and O–H groups in total. The highest BCUT2D eigenvalue weighted by Gasteiger charge is 2.07. The Bertz CT molecular complexity index is 562. The van der Waals surface area contributed by atoms with Crippen LogP contribution in [-0.2, 0) is 6.54 Å². The molecular weight excluding hydrogens is 238 g/mol. The number of phenolic OH excluding ortho intramolecular Hbond substituents is 1. The Balaban J connectivity index is 2.13. The number of aromatic hydroxyl groups is 1. The molecule has 3 heteroatoms. The summed E-state index contributed by atoms with van der Waals surface area (Å²) in [6.45, 7) is 4.80. The summed E-state index contributed by atoms with van der Waals surface area (Å²) >= 11 is 0. The Morgan fingerprint density at radius 2 is 1.74 bits per heavy atom. The number of ether oxygens (including phenoxy) is 1. The molecule has 0 saturated carbocycles. The highest BCUT2D eigenvalue weighted by molar-refractivity contribution is 5.59. The summed E-state index contributed by atoms with van der Waals surface area (Å²) < 4.78 is 5.41. The number of hydrogen-bond donors (Lipinski definition) is 2. The van der Waals surface area contributed by atoms with E-state index in [0.29, 0.717) is 6.54 Å². The van der Waals surface area contributed by atoms with E-state index in [1.54, 1.807) is 19.2 Å². The molecule has 0 atom stereocenters. The van der Waals surface area contributed by atoms with Crippen LogP contribution in [0.2, 0.25) is 0 Å². The van der Waals surface area contributed by atoms with Crippen molar-refractivity contribution in [2.75, 3.05) is 12.4 Å². The molecule has 0 aliphatic carbocycles. The van der Waals surface area contributed by atoms with Crippen molar-refractivity contribution in [2.45, 2.75) is 20.4 Å². The number of phenols is 1. The minimum Gasteiger partial charge on any atom is -0.508 e. The van der Waals surface area contributed by atoms with Crippen LogP contribution in [0, 0.1) is 13.8 Å². The molecule has 0 heterocycles. The first-order valence-electron chi connectivity index (χ1n) is 6.28. The zero-order valence-electron chi connectivity index (χ0n) is 11.5. The van der Waals surface area contributed by atoms with Crippen LogP contribution in [0.3, 0.4) is 0 Å². The van der Waals surface area contributed by atoms with Gasteiger partial charge in [0.15, 0.2) is 0 Å². The number of aryl methyl sites for hydroxylation is 1. The summed E-state index contributed by atoms with van der Waals surface area (Å²) in [5.74, 6) is 1.22. The molecule has 2 aromatic carbocycles. The van der Waals surface area contributed by atoms with Crippen molar-refractivity contribution in [1.82, 2.24) is 0 Å². The number of hydrogen-bond acceptors (Lipinski definition) is 3. The number of methoxy groups -OCH3 is 1. The smallest absolute Gasteiger partial charge is 0.126 e. The van der Waals surface area contributed by atoms with E-state index in [4.69, 9.17) is 4.74 Å². The van der Waals surface area contributed by atoms with E-state index in [9.17, 15) is 5.11 Å². The van der Waals surface area contributed by atoms with Crippen molar-refractivity contribution in [1.29, 1.82) is 0 Å². The minimum absolute atomic E-state index is 0.289. The monoisotopic (exact) mass is 257 g/mol. The largest absolute Gasteiger partial charge is 0.508 e. The molecule has 0 fully saturated rings. The molecule has 0 radical (unpaired) electrons. The van der Waals surface area contributed by atoms with Crippen LogP contribution in [0.1, 0.15) is 16.7 Å². The maximum Gasteiger partial charge on any atom is 0.126 e. The van der Waals surface area contributed by atoms with E-state index >= 15 is 0 Å². The van der Waals surface area contributed by atoms with Crippen LogP contribution in [0.5, 0.6) is 11.5 Å². The van der Waals surface area contributed by atoms with Crippen molar-refractivity contribution in [2.24, 2.45) is 0 Å². The molecule has 0 aliphatic rings. The fourth-order valence-corrected chi connectivity index (χ4v) is 2.14. The second-order valence-electron chi connectivity index (χ2n) is 4.61. The molecule has 2 rings (SSSR count). The van der Waals surface area contributed by atoms with Gasteiger partial charge in [-0.3, -0.25) is 0 Å². The van der Waals surface area contributed by atoms with E-state index in [1.165, 1.54) is 0 Å². The third-order valence-corrected chi connectivity index (χ3v) is 3.23. The lowest BCUT2D eigenvalue weighted by Crippen LogP contribution is -2.02. The predicted octanol–water partition coefficient (Wildman–Crippen LogP) is 3.63. The number of nitrogens with one attached hydrogen (secondary N) is 1. The van der Waals surface area contributed by atoms with Gasteiger partial charge in [-0.1, -0.05) is 18.2 Å². The fraction of sp³-hybridized carbons (Fsp3) is 0.250. The molecule has 0 saturated heterocycles.